The summed E-state index contributed by atoms with van der Waals surface area (Å²) < 4.78 is 61.2. The number of halogens is 4. The molecule has 1 aromatic carbocycles. The topological polar surface area (TPSA) is 103 Å². The number of benzene rings is 1. The molecule has 13 heteroatoms. The summed E-state index contributed by atoms with van der Waals surface area (Å²) in [6, 6.07) is 9.47. The van der Waals surface area contributed by atoms with Crippen molar-refractivity contribution in [3.8, 4) is 0 Å². The Balaban J connectivity index is 0.00000480. The third-order valence-corrected chi connectivity index (χ3v) is 6.28. The minimum absolute atomic E-state index is 0. The highest BCUT2D eigenvalue weighted by molar-refractivity contribution is 14.0. The van der Waals surface area contributed by atoms with Crippen LogP contribution in [0.2, 0.25) is 0 Å². The first-order valence-electron chi connectivity index (χ1n) is 9.47. The van der Waals surface area contributed by atoms with Gasteiger partial charge >= 0.3 is 15.5 Å². The van der Waals surface area contributed by atoms with E-state index in [-0.39, 0.29) is 68.4 Å². The standard InChI is InChI=1S/C18H26F3N5O3S.HI/c1-22-17(24-13-16(27)23-10-7-14-5-3-2-4-6-14)25-15-8-11-26(12-9-15)30(28,29)18(19,20)21;/h2-6,15H,7-13H2,1H3,(H,23,27)(H2,22,24,25);1H. The first-order valence-corrected chi connectivity index (χ1v) is 10.9. The maximum Gasteiger partial charge on any atom is 0.511 e. The minimum Gasteiger partial charge on any atom is -0.354 e. The van der Waals surface area contributed by atoms with Gasteiger partial charge in [0.25, 0.3) is 0 Å². The molecule has 2 rings (SSSR count). The molecule has 0 saturated carbocycles. The molecule has 0 aliphatic carbocycles. The molecule has 8 nitrogen and oxygen atoms in total. The molecule has 176 valence electrons. The largest absolute Gasteiger partial charge is 0.511 e. The molecule has 1 aliphatic heterocycles. The van der Waals surface area contributed by atoms with Crippen molar-refractivity contribution in [2.75, 3.05) is 33.2 Å². The first-order chi connectivity index (χ1) is 14.1. The monoisotopic (exact) mass is 577 g/mol. The average molecular weight is 577 g/mol. The number of sulfonamides is 1. The van der Waals surface area contributed by atoms with E-state index in [0.29, 0.717) is 23.2 Å². The number of amides is 1. The van der Waals surface area contributed by atoms with Crippen LogP contribution in [0.5, 0.6) is 0 Å². The molecule has 1 aliphatic rings. The van der Waals surface area contributed by atoms with Crippen molar-refractivity contribution in [2.24, 2.45) is 4.99 Å². The Morgan fingerprint density at radius 1 is 1.16 bits per heavy atom. The van der Waals surface area contributed by atoms with Gasteiger partial charge in [-0.05, 0) is 24.8 Å². The van der Waals surface area contributed by atoms with Crippen molar-refractivity contribution in [1.29, 1.82) is 0 Å². The van der Waals surface area contributed by atoms with E-state index >= 15 is 0 Å². The van der Waals surface area contributed by atoms with Gasteiger partial charge in [0.05, 0.1) is 6.54 Å². The maximum atomic E-state index is 12.6. The molecule has 0 atom stereocenters. The zero-order valence-corrected chi connectivity index (χ0v) is 20.1. The Hall–Kier alpha value is -1.61. The van der Waals surface area contributed by atoms with Crippen LogP contribution in [0.4, 0.5) is 13.2 Å². The minimum atomic E-state index is -5.30. The van der Waals surface area contributed by atoms with Crippen LogP contribution in [0.3, 0.4) is 0 Å². The fraction of sp³-hybridized carbons (Fsp3) is 0.556. The number of guanidine groups is 1. The quantitative estimate of drug-likeness (QED) is 0.259. The second-order valence-corrected chi connectivity index (χ2v) is 8.71. The number of carbonyl (C=O) groups excluding carboxylic acids is 1. The van der Waals surface area contributed by atoms with E-state index in [1.165, 1.54) is 7.05 Å². The predicted octanol–water partition coefficient (Wildman–Crippen LogP) is 1.44. The SMILES string of the molecule is CN=C(NCC(=O)NCCc1ccccc1)NC1CCN(S(=O)(=O)C(F)(F)F)CC1.I. The van der Waals surface area contributed by atoms with Gasteiger partial charge in [0, 0.05) is 32.7 Å². The van der Waals surface area contributed by atoms with Crippen molar-refractivity contribution in [3.05, 3.63) is 35.9 Å². The Labute approximate surface area is 197 Å². The molecule has 3 N–H and O–H groups in total. The van der Waals surface area contributed by atoms with E-state index in [4.69, 9.17) is 0 Å². The van der Waals surface area contributed by atoms with Crippen LogP contribution >= 0.6 is 24.0 Å². The fourth-order valence-electron chi connectivity index (χ4n) is 2.99. The van der Waals surface area contributed by atoms with E-state index < -0.39 is 15.5 Å². The van der Waals surface area contributed by atoms with Crippen molar-refractivity contribution in [2.45, 2.75) is 30.8 Å². The van der Waals surface area contributed by atoms with Crippen LogP contribution in [0.25, 0.3) is 0 Å². The average Bonchev–Trinajstić information content (AvgIpc) is 2.71. The predicted molar refractivity (Wildman–Crippen MR) is 123 cm³/mol. The highest BCUT2D eigenvalue weighted by atomic mass is 127. The summed E-state index contributed by atoms with van der Waals surface area (Å²) in [5.74, 6) is 0.102. The van der Waals surface area contributed by atoms with Crippen LogP contribution < -0.4 is 16.0 Å². The summed E-state index contributed by atoms with van der Waals surface area (Å²) in [5, 5.41) is 8.64. The molecule has 1 heterocycles. The third-order valence-electron chi connectivity index (χ3n) is 4.65. The number of piperidine rings is 1. The molecule has 0 radical (unpaired) electrons. The van der Waals surface area contributed by atoms with Crippen molar-refractivity contribution in [3.63, 3.8) is 0 Å². The van der Waals surface area contributed by atoms with Crippen molar-refractivity contribution < 1.29 is 26.4 Å². The van der Waals surface area contributed by atoms with Crippen LogP contribution in [0, 0.1) is 0 Å². The van der Waals surface area contributed by atoms with E-state index in [1.54, 1.807) is 0 Å². The van der Waals surface area contributed by atoms with Crippen LogP contribution in [0.15, 0.2) is 35.3 Å². The lowest BCUT2D eigenvalue weighted by Crippen LogP contribution is -2.52. The number of hydrogen-bond donors (Lipinski definition) is 3. The summed E-state index contributed by atoms with van der Waals surface area (Å²) in [6.07, 6.45) is 1.09. The summed E-state index contributed by atoms with van der Waals surface area (Å²) >= 11 is 0. The molecular weight excluding hydrogens is 550 g/mol. The highest BCUT2D eigenvalue weighted by Gasteiger charge is 2.50. The first kappa shape index (κ1) is 27.4. The van der Waals surface area contributed by atoms with Gasteiger partial charge in [0.15, 0.2) is 5.96 Å². The number of rotatable bonds is 7. The molecule has 31 heavy (non-hydrogen) atoms. The number of nitrogens with zero attached hydrogens (tertiary/aromatic N) is 2. The Bertz CT molecular complexity index is 830. The lowest BCUT2D eigenvalue weighted by molar-refractivity contribution is -0.119. The zero-order chi connectivity index (χ0) is 22.2. The van der Waals surface area contributed by atoms with Gasteiger partial charge < -0.3 is 16.0 Å². The highest BCUT2D eigenvalue weighted by Crippen LogP contribution is 2.28. The van der Waals surface area contributed by atoms with Crippen molar-refractivity contribution >= 4 is 45.9 Å². The molecule has 1 fully saturated rings. The van der Waals surface area contributed by atoms with Gasteiger partial charge in [0.2, 0.25) is 5.91 Å². The fourth-order valence-corrected chi connectivity index (χ4v) is 3.98. The third kappa shape index (κ3) is 8.44. The molecule has 0 spiro atoms. The second-order valence-electron chi connectivity index (χ2n) is 6.78. The normalized spacial score (nSPS) is 16.3. The van der Waals surface area contributed by atoms with Gasteiger partial charge in [-0.3, -0.25) is 9.79 Å². The van der Waals surface area contributed by atoms with E-state index in [0.717, 1.165) is 5.56 Å². The van der Waals surface area contributed by atoms with Gasteiger partial charge in [-0.15, -0.1) is 24.0 Å². The second kappa shape index (κ2) is 12.4. The lowest BCUT2D eigenvalue weighted by Gasteiger charge is -2.32. The molecule has 1 amide bonds. The molecule has 1 aromatic rings. The number of nitrogens with one attached hydrogen (secondary N) is 3. The summed E-state index contributed by atoms with van der Waals surface area (Å²) in [6.45, 7) is -0.00852. The van der Waals surface area contributed by atoms with Crippen LogP contribution in [-0.4, -0.2) is 69.4 Å². The number of carbonyl (C=O) groups is 1. The van der Waals surface area contributed by atoms with Crippen LogP contribution in [-0.2, 0) is 21.2 Å². The van der Waals surface area contributed by atoms with E-state index in [2.05, 4.69) is 20.9 Å². The van der Waals surface area contributed by atoms with Crippen molar-refractivity contribution in [1.82, 2.24) is 20.3 Å². The molecular formula is C18H27F3IN5O3S. The smallest absolute Gasteiger partial charge is 0.354 e. The molecule has 1 saturated heterocycles. The summed E-state index contributed by atoms with van der Waals surface area (Å²) in [7, 11) is -3.79. The summed E-state index contributed by atoms with van der Waals surface area (Å²) in [4.78, 5) is 15.9. The molecule has 0 unspecified atom stereocenters. The maximum absolute atomic E-state index is 12.6. The number of aliphatic imine (C=N–C) groups is 1. The van der Waals surface area contributed by atoms with E-state index in [1.807, 2.05) is 30.3 Å². The summed E-state index contributed by atoms with van der Waals surface area (Å²) in [5.41, 5.74) is -4.18. The van der Waals surface area contributed by atoms with E-state index in [9.17, 15) is 26.4 Å². The van der Waals surface area contributed by atoms with Gasteiger partial charge in [0.1, 0.15) is 0 Å². The lowest BCUT2D eigenvalue weighted by atomic mass is 10.1. The number of alkyl halides is 3. The van der Waals surface area contributed by atoms with Gasteiger partial charge in [-0.25, -0.2) is 8.42 Å². The van der Waals surface area contributed by atoms with Crippen LogP contribution in [0.1, 0.15) is 18.4 Å². The number of hydrogen-bond acceptors (Lipinski definition) is 4. The Morgan fingerprint density at radius 2 is 1.77 bits per heavy atom. The zero-order valence-electron chi connectivity index (χ0n) is 17.0. The Morgan fingerprint density at radius 3 is 2.32 bits per heavy atom. The molecule has 0 bridgehead atoms. The van der Waals surface area contributed by atoms with Gasteiger partial charge in [-0.1, -0.05) is 30.3 Å². The molecule has 0 aromatic heterocycles. The Kier molecular flexibility index (Phi) is 11.0. The van der Waals surface area contributed by atoms with Gasteiger partial charge in [-0.2, -0.15) is 17.5 Å².